The van der Waals surface area contributed by atoms with Gasteiger partial charge in [0, 0.05) is 5.56 Å². The van der Waals surface area contributed by atoms with Gasteiger partial charge in [0.1, 0.15) is 5.75 Å². The highest BCUT2D eigenvalue weighted by atomic mass is 16.5. The van der Waals surface area contributed by atoms with Gasteiger partial charge >= 0.3 is 0 Å². The number of benzene rings is 2. The molecule has 0 unspecified atom stereocenters. The Morgan fingerprint density at radius 1 is 0.808 bits per heavy atom. The number of hydrogen-bond acceptors (Lipinski definition) is 4. The molecule has 4 N–H and O–H groups in total. The van der Waals surface area contributed by atoms with E-state index in [4.69, 9.17) is 20.9 Å². The monoisotopic (exact) mass is 356 g/mol. The molecular weight excluding hydrogens is 324 g/mol. The highest BCUT2D eigenvalue weighted by molar-refractivity contribution is 5.85. The third kappa shape index (κ3) is 5.58. The van der Waals surface area contributed by atoms with Crippen molar-refractivity contribution in [3.8, 4) is 22.6 Å². The van der Waals surface area contributed by atoms with Gasteiger partial charge in [-0.15, -0.1) is 0 Å². The molecule has 0 fully saturated rings. The largest absolute Gasteiger partial charge is 0.494 e. The van der Waals surface area contributed by atoms with Crippen LogP contribution in [0.3, 0.4) is 0 Å². The predicted octanol–water partition coefficient (Wildman–Crippen LogP) is 5.66. The van der Waals surface area contributed by atoms with E-state index in [1.54, 1.807) is 0 Å². The number of nitrogens with two attached hydrogens (primary N) is 2. The molecule has 26 heavy (non-hydrogen) atoms. The first kappa shape index (κ1) is 20.0. The van der Waals surface area contributed by atoms with Gasteiger partial charge in [0.05, 0.1) is 24.6 Å². The maximum atomic E-state index is 6.37. The Morgan fingerprint density at radius 3 is 2.19 bits per heavy atom. The van der Waals surface area contributed by atoms with Crippen molar-refractivity contribution in [2.75, 3.05) is 24.7 Å². The van der Waals surface area contributed by atoms with E-state index in [0.717, 1.165) is 49.2 Å². The Morgan fingerprint density at radius 2 is 1.50 bits per heavy atom. The summed E-state index contributed by atoms with van der Waals surface area (Å²) in [6, 6.07) is 11.8. The topological polar surface area (TPSA) is 70.5 Å². The van der Waals surface area contributed by atoms with E-state index in [9.17, 15) is 0 Å². The van der Waals surface area contributed by atoms with E-state index in [2.05, 4.69) is 13.8 Å². The van der Waals surface area contributed by atoms with Crippen molar-refractivity contribution in [3.05, 3.63) is 36.4 Å². The average Bonchev–Trinajstić information content (AvgIpc) is 2.65. The van der Waals surface area contributed by atoms with E-state index < -0.39 is 0 Å². The van der Waals surface area contributed by atoms with Crippen LogP contribution in [0, 0.1) is 0 Å². The molecule has 0 heterocycles. The molecule has 0 spiro atoms. The van der Waals surface area contributed by atoms with Crippen LogP contribution < -0.4 is 20.9 Å². The Balaban J connectivity index is 2.14. The normalized spacial score (nSPS) is 10.7. The van der Waals surface area contributed by atoms with E-state index in [1.807, 2.05) is 36.4 Å². The van der Waals surface area contributed by atoms with E-state index in [-0.39, 0.29) is 0 Å². The van der Waals surface area contributed by atoms with Crippen LogP contribution in [0.1, 0.15) is 52.4 Å². The first-order valence-corrected chi connectivity index (χ1v) is 9.71. The number of nitrogen functional groups attached to an aromatic ring is 2. The zero-order chi connectivity index (χ0) is 18.8. The van der Waals surface area contributed by atoms with Crippen LogP contribution >= 0.6 is 0 Å². The first-order chi connectivity index (χ1) is 12.7. The molecule has 0 aliphatic heterocycles. The summed E-state index contributed by atoms with van der Waals surface area (Å²) in [5.41, 5.74) is 15.5. The van der Waals surface area contributed by atoms with Crippen LogP contribution in [0.5, 0.6) is 11.5 Å². The SMILES string of the molecule is CCCCCOc1cccc(-c2ccc(N)c(OCCCCC)c2N)c1. The lowest BCUT2D eigenvalue weighted by Gasteiger charge is -2.15. The summed E-state index contributed by atoms with van der Waals surface area (Å²) in [4.78, 5) is 0. The zero-order valence-corrected chi connectivity index (χ0v) is 16.1. The molecule has 2 rings (SSSR count). The smallest absolute Gasteiger partial charge is 0.165 e. The Bertz CT molecular complexity index is 686. The zero-order valence-electron chi connectivity index (χ0n) is 16.1. The van der Waals surface area contributed by atoms with Gasteiger partial charge in [-0.2, -0.15) is 0 Å². The van der Waals surface area contributed by atoms with Crippen LogP contribution in [0.2, 0.25) is 0 Å². The molecule has 0 atom stereocenters. The number of rotatable bonds is 11. The van der Waals surface area contributed by atoms with E-state index in [0.29, 0.717) is 23.7 Å². The highest BCUT2D eigenvalue weighted by Crippen LogP contribution is 2.38. The molecule has 4 nitrogen and oxygen atoms in total. The third-order valence-corrected chi connectivity index (χ3v) is 4.38. The van der Waals surface area contributed by atoms with Crippen LogP contribution in [0.25, 0.3) is 11.1 Å². The maximum Gasteiger partial charge on any atom is 0.165 e. The molecule has 142 valence electrons. The van der Waals surface area contributed by atoms with Crippen molar-refractivity contribution in [2.24, 2.45) is 0 Å². The van der Waals surface area contributed by atoms with Crippen LogP contribution in [-0.2, 0) is 0 Å². The Labute approximate surface area is 157 Å². The number of ether oxygens (including phenoxy) is 2. The molecule has 0 aliphatic carbocycles. The standard InChI is InChI=1S/C22H32N2O2/c1-3-5-7-14-25-18-11-9-10-17(16-18)19-12-13-20(23)22(21(19)24)26-15-8-6-4-2/h9-13,16H,3-8,14-15,23-24H2,1-2H3. The van der Waals surface area contributed by atoms with Crippen molar-refractivity contribution < 1.29 is 9.47 Å². The third-order valence-electron chi connectivity index (χ3n) is 4.38. The molecule has 0 bridgehead atoms. The minimum absolute atomic E-state index is 0.578. The van der Waals surface area contributed by atoms with Gasteiger partial charge in [-0.25, -0.2) is 0 Å². The lowest BCUT2D eigenvalue weighted by atomic mass is 10.0. The molecule has 0 amide bonds. The van der Waals surface area contributed by atoms with Crippen molar-refractivity contribution in [3.63, 3.8) is 0 Å². The quantitative estimate of drug-likeness (QED) is 0.403. The second-order valence-corrected chi connectivity index (χ2v) is 6.58. The summed E-state index contributed by atoms with van der Waals surface area (Å²) >= 11 is 0. The summed E-state index contributed by atoms with van der Waals surface area (Å²) < 4.78 is 11.7. The van der Waals surface area contributed by atoms with Gasteiger partial charge in [-0.1, -0.05) is 51.7 Å². The van der Waals surface area contributed by atoms with Crippen molar-refractivity contribution in [1.29, 1.82) is 0 Å². The lowest BCUT2D eigenvalue weighted by molar-refractivity contribution is 0.306. The van der Waals surface area contributed by atoms with Gasteiger partial charge in [0.2, 0.25) is 0 Å². The predicted molar refractivity (Wildman–Crippen MR) is 111 cm³/mol. The molecule has 2 aromatic rings. The van der Waals surface area contributed by atoms with Crippen molar-refractivity contribution >= 4 is 11.4 Å². The molecule has 0 aromatic heterocycles. The molecule has 0 aliphatic rings. The van der Waals surface area contributed by atoms with E-state index >= 15 is 0 Å². The van der Waals surface area contributed by atoms with Gasteiger partial charge in [0.15, 0.2) is 5.75 Å². The second-order valence-electron chi connectivity index (χ2n) is 6.58. The minimum Gasteiger partial charge on any atom is -0.494 e. The van der Waals surface area contributed by atoms with Crippen LogP contribution in [0.4, 0.5) is 11.4 Å². The lowest BCUT2D eigenvalue weighted by Crippen LogP contribution is -2.05. The second kappa shape index (κ2) is 10.6. The van der Waals surface area contributed by atoms with Crippen molar-refractivity contribution in [2.45, 2.75) is 52.4 Å². The fraction of sp³-hybridized carbons (Fsp3) is 0.455. The highest BCUT2D eigenvalue weighted by Gasteiger charge is 2.12. The number of anilines is 2. The minimum atomic E-state index is 0.578. The maximum absolute atomic E-state index is 6.37. The van der Waals surface area contributed by atoms with E-state index in [1.165, 1.54) is 12.8 Å². The summed E-state index contributed by atoms with van der Waals surface area (Å²) in [6.45, 7) is 5.72. The fourth-order valence-electron chi connectivity index (χ4n) is 2.85. The van der Waals surface area contributed by atoms with Crippen LogP contribution in [0.15, 0.2) is 36.4 Å². The van der Waals surface area contributed by atoms with Gasteiger partial charge in [-0.05, 0) is 42.7 Å². The Hall–Kier alpha value is -2.36. The van der Waals surface area contributed by atoms with Gasteiger partial charge in [-0.3, -0.25) is 0 Å². The summed E-state index contributed by atoms with van der Waals surface area (Å²) in [5, 5.41) is 0. The average molecular weight is 357 g/mol. The number of hydrogen-bond donors (Lipinski definition) is 2. The first-order valence-electron chi connectivity index (χ1n) is 9.71. The summed E-state index contributed by atoms with van der Waals surface area (Å²) in [5.74, 6) is 1.45. The molecule has 0 radical (unpaired) electrons. The van der Waals surface area contributed by atoms with Gasteiger partial charge in [0.25, 0.3) is 0 Å². The molecule has 4 heteroatoms. The molecule has 0 saturated heterocycles. The molecule has 0 saturated carbocycles. The molecule has 2 aromatic carbocycles. The van der Waals surface area contributed by atoms with Crippen molar-refractivity contribution in [1.82, 2.24) is 0 Å². The van der Waals surface area contributed by atoms with Gasteiger partial charge < -0.3 is 20.9 Å². The number of unbranched alkanes of at least 4 members (excludes halogenated alkanes) is 4. The fourth-order valence-corrected chi connectivity index (χ4v) is 2.85. The van der Waals surface area contributed by atoms with Crippen LogP contribution in [-0.4, -0.2) is 13.2 Å². The summed E-state index contributed by atoms with van der Waals surface area (Å²) in [7, 11) is 0. The Kier molecular flexibility index (Phi) is 8.13. The summed E-state index contributed by atoms with van der Waals surface area (Å²) in [6.07, 6.45) is 6.73. The molecular formula is C22H32N2O2.